The summed E-state index contributed by atoms with van der Waals surface area (Å²) >= 11 is 0. The molecule has 0 spiro atoms. The maximum atomic E-state index is 11.9. The van der Waals surface area contributed by atoms with Crippen LogP contribution < -0.4 is 0 Å². The van der Waals surface area contributed by atoms with Gasteiger partial charge in [0.05, 0.1) is 0 Å². The number of piperidine rings is 1. The number of hydrogen-bond donors (Lipinski definition) is 1. The minimum atomic E-state index is 0.165. The van der Waals surface area contributed by atoms with Crippen molar-refractivity contribution in [1.82, 2.24) is 24.8 Å². The van der Waals surface area contributed by atoms with Crippen LogP contribution in [0.25, 0.3) is 11.0 Å². The normalized spacial score (nSPS) is 17.2. The van der Waals surface area contributed by atoms with Gasteiger partial charge in [-0.05, 0) is 49.7 Å². The first-order chi connectivity index (χ1) is 14.1. The smallest absolute Gasteiger partial charge is 0.219 e. The quantitative estimate of drug-likeness (QED) is 0.700. The summed E-state index contributed by atoms with van der Waals surface area (Å²) in [5.41, 5.74) is 4.61. The van der Waals surface area contributed by atoms with Gasteiger partial charge in [-0.15, -0.1) is 0 Å². The van der Waals surface area contributed by atoms with Gasteiger partial charge in [0.2, 0.25) is 5.91 Å². The number of nitrogens with zero attached hydrogens (tertiary/aromatic N) is 4. The van der Waals surface area contributed by atoms with Crippen molar-refractivity contribution in [2.45, 2.75) is 38.6 Å². The lowest BCUT2D eigenvalue weighted by Crippen LogP contribution is -2.38. The van der Waals surface area contributed by atoms with Gasteiger partial charge in [-0.1, -0.05) is 6.07 Å². The van der Waals surface area contributed by atoms with E-state index < -0.39 is 0 Å². The highest BCUT2D eigenvalue weighted by atomic mass is 16.2. The van der Waals surface area contributed by atoms with Crippen molar-refractivity contribution in [2.75, 3.05) is 26.7 Å². The highest BCUT2D eigenvalue weighted by molar-refractivity contribution is 5.81. The number of likely N-dealkylation sites (tertiary alicyclic amines) is 1. The summed E-state index contributed by atoms with van der Waals surface area (Å²) in [6.45, 7) is 5.11. The van der Waals surface area contributed by atoms with E-state index in [9.17, 15) is 4.79 Å². The molecule has 4 heterocycles. The molecule has 29 heavy (non-hydrogen) atoms. The zero-order valence-corrected chi connectivity index (χ0v) is 17.3. The van der Waals surface area contributed by atoms with Gasteiger partial charge < -0.3 is 14.8 Å². The Balaban J connectivity index is 1.55. The molecular formula is C23H29N5O. The van der Waals surface area contributed by atoms with Crippen molar-refractivity contribution >= 4 is 16.9 Å². The first kappa shape index (κ1) is 19.6. The first-order valence-electron chi connectivity index (χ1n) is 10.4. The second kappa shape index (κ2) is 8.74. The van der Waals surface area contributed by atoms with Crippen molar-refractivity contribution in [1.29, 1.82) is 0 Å². The van der Waals surface area contributed by atoms with Crippen LogP contribution in [-0.4, -0.2) is 57.3 Å². The van der Waals surface area contributed by atoms with E-state index in [0.29, 0.717) is 5.92 Å². The van der Waals surface area contributed by atoms with Crippen LogP contribution in [-0.2, 0) is 17.8 Å². The Morgan fingerprint density at radius 3 is 2.90 bits per heavy atom. The molecular weight excluding hydrogens is 362 g/mol. The Morgan fingerprint density at radius 2 is 2.10 bits per heavy atom. The summed E-state index contributed by atoms with van der Waals surface area (Å²) in [5, 5.41) is 1.19. The highest BCUT2D eigenvalue weighted by Gasteiger charge is 2.27. The lowest BCUT2D eigenvalue weighted by atomic mass is 9.91. The third kappa shape index (κ3) is 4.48. The molecule has 1 atom stereocenters. The van der Waals surface area contributed by atoms with Gasteiger partial charge >= 0.3 is 0 Å². The standard InChI is InChI=1S/C23H29N5O/c1-17(29)28-13-6-7-18(15-28)22-21(20-9-5-12-25-23(20)26-22)16-27(2)14-10-19-8-3-4-11-24-19/h3-5,8-9,11-12,18H,6-7,10,13-16H2,1-2H3,(H,25,26)/t18-/m0/s1. The molecule has 0 bridgehead atoms. The molecule has 6 heteroatoms. The maximum Gasteiger partial charge on any atom is 0.219 e. The number of carbonyl (C=O) groups is 1. The van der Waals surface area contributed by atoms with Gasteiger partial charge in [-0.25, -0.2) is 4.98 Å². The molecule has 0 saturated carbocycles. The van der Waals surface area contributed by atoms with Crippen molar-refractivity contribution in [3.63, 3.8) is 0 Å². The average molecular weight is 392 g/mol. The van der Waals surface area contributed by atoms with E-state index in [0.717, 1.165) is 56.8 Å². The topological polar surface area (TPSA) is 65.1 Å². The molecule has 0 unspecified atom stereocenters. The van der Waals surface area contributed by atoms with E-state index in [1.165, 1.54) is 16.6 Å². The van der Waals surface area contributed by atoms with Crippen LogP contribution >= 0.6 is 0 Å². The highest BCUT2D eigenvalue weighted by Crippen LogP contribution is 2.33. The molecule has 1 fully saturated rings. The number of fused-ring (bicyclic) bond motifs is 1. The number of H-pyrrole nitrogens is 1. The van der Waals surface area contributed by atoms with Gasteiger partial charge in [0.25, 0.3) is 0 Å². The fraction of sp³-hybridized carbons (Fsp3) is 0.435. The van der Waals surface area contributed by atoms with Crippen LogP contribution in [0.15, 0.2) is 42.7 Å². The predicted octanol–water partition coefficient (Wildman–Crippen LogP) is 3.36. The van der Waals surface area contributed by atoms with Crippen molar-refractivity contribution in [2.24, 2.45) is 0 Å². The Kier molecular flexibility index (Phi) is 5.90. The molecule has 4 rings (SSSR count). The zero-order valence-electron chi connectivity index (χ0n) is 17.3. The second-order valence-corrected chi connectivity index (χ2v) is 8.03. The van der Waals surface area contributed by atoms with Crippen LogP contribution in [0, 0.1) is 0 Å². The summed E-state index contributed by atoms with van der Waals surface area (Å²) in [6.07, 6.45) is 6.75. The van der Waals surface area contributed by atoms with Gasteiger partial charge in [-0.3, -0.25) is 9.78 Å². The Morgan fingerprint density at radius 1 is 1.24 bits per heavy atom. The minimum Gasteiger partial charge on any atom is -0.343 e. The molecule has 1 aliphatic heterocycles. The molecule has 1 aliphatic rings. The second-order valence-electron chi connectivity index (χ2n) is 8.03. The maximum absolute atomic E-state index is 11.9. The third-order valence-electron chi connectivity index (χ3n) is 5.89. The van der Waals surface area contributed by atoms with E-state index in [1.807, 2.05) is 35.5 Å². The molecule has 1 saturated heterocycles. The summed E-state index contributed by atoms with van der Waals surface area (Å²) < 4.78 is 0. The first-order valence-corrected chi connectivity index (χ1v) is 10.4. The van der Waals surface area contributed by atoms with Crippen molar-refractivity contribution in [3.8, 4) is 0 Å². The molecule has 6 nitrogen and oxygen atoms in total. The molecule has 0 aromatic carbocycles. The number of carbonyl (C=O) groups excluding carboxylic acids is 1. The van der Waals surface area contributed by atoms with Gasteiger partial charge in [0.1, 0.15) is 5.65 Å². The third-order valence-corrected chi connectivity index (χ3v) is 5.89. The molecule has 3 aromatic heterocycles. The van der Waals surface area contributed by atoms with Gasteiger partial charge in [0, 0.05) is 74.6 Å². The van der Waals surface area contributed by atoms with Crippen LogP contribution in [0.3, 0.4) is 0 Å². The predicted molar refractivity (Wildman–Crippen MR) is 115 cm³/mol. The Bertz CT molecular complexity index is 968. The van der Waals surface area contributed by atoms with E-state index >= 15 is 0 Å². The van der Waals surface area contributed by atoms with E-state index in [4.69, 9.17) is 0 Å². The summed E-state index contributed by atoms with van der Waals surface area (Å²) in [6, 6.07) is 10.2. The SMILES string of the molecule is CC(=O)N1CCC[C@H](c2[nH]c3ncccc3c2CN(C)CCc2ccccn2)C1. The molecule has 0 aliphatic carbocycles. The summed E-state index contributed by atoms with van der Waals surface area (Å²) in [7, 11) is 2.16. The van der Waals surface area contributed by atoms with Gasteiger partial charge in [-0.2, -0.15) is 0 Å². The fourth-order valence-electron chi connectivity index (χ4n) is 4.31. The lowest BCUT2D eigenvalue weighted by molar-refractivity contribution is -0.130. The molecule has 1 N–H and O–H groups in total. The van der Waals surface area contributed by atoms with Crippen LogP contribution in [0.5, 0.6) is 0 Å². The van der Waals surface area contributed by atoms with Crippen molar-refractivity contribution < 1.29 is 4.79 Å². The number of likely N-dealkylation sites (N-methyl/N-ethyl adjacent to an activating group) is 1. The van der Waals surface area contributed by atoms with E-state index in [-0.39, 0.29) is 5.91 Å². The number of hydrogen-bond acceptors (Lipinski definition) is 4. The number of amides is 1. The summed E-state index contributed by atoms with van der Waals surface area (Å²) in [4.78, 5) is 28.8. The minimum absolute atomic E-state index is 0.165. The fourth-order valence-corrected chi connectivity index (χ4v) is 4.31. The Labute approximate surface area is 172 Å². The molecule has 1 amide bonds. The lowest BCUT2D eigenvalue weighted by Gasteiger charge is -2.32. The number of rotatable bonds is 6. The van der Waals surface area contributed by atoms with Gasteiger partial charge in [0.15, 0.2) is 0 Å². The number of nitrogens with one attached hydrogen (secondary N) is 1. The number of aromatic nitrogens is 3. The van der Waals surface area contributed by atoms with E-state index in [2.05, 4.69) is 39.0 Å². The van der Waals surface area contributed by atoms with E-state index in [1.54, 1.807) is 6.92 Å². The molecule has 3 aromatic rings. The number of pyridine rings is 2. The monoisotopic (exact) mass is 391 g/mol. The largest absolute Gasteiger partial charge is 0.343 e. The van der Waals surface area contributed by atoms with Crippen LogP contribution in [0.1, 0.15) is 42.6 Å². The number of aromatic amines is 1. The molecule has 0 radical (unpaired) electrons. The molecule has 152 valence electrons. The van der Waals surface area contributed by atoms with Crippen molar-refractivity contribution in [3.05, 3.63) is 59.7 Å². The van der Waals surface area contributed by atoms with Crippen LogP contribution in [0.4, 0.5) is 0 Å². The van der Waals surface area contributed by atoms with Crippen LogP contribution in [0.2, 0.25) is 0 Å². The Hall–Kier alpha value is -2.73. The average Bonchev–Trinajstić information content (AvgIpc) is 3.11. The zero-order chi connectivity index (χ0) is 20.2. The summed E-state index contributed by atoms with van der Waals surface area (Å²) in [5.74, 6) is 0.499.